The minimum absolute atomic E-state index is 0.967. The van der Waals surface area contributed by atoms with Gasteiger partial charge in [0, 0.05) is 0 Å². The van der Waals surface area contributed by atoms with E-state index in [4.69, 9.17) is 0 Å². The molecule has 0 unspecified atom stereocenters. The van der Waals surface area contributed by atoms with Crippen molar-refractivity contribution in [1.29, 1.82) is 0 Å². The number of benzene rings is 3. The molecule has 0 nitrogen and oxygen atoms in total. The molecule has 0 saturated heterocycles. The van der Waals surface area contributed by atoms with Gasteiger partial charge in [-0.05, 0) is 84.4 Å². The van der Waals surface area contributed by atoms with Gasteiger partial charge >= 0.3 is 0 Å². The number of aryl methyl sites for hydroxylation is 4. The van der Waals surface area contributed by atoms with Crippen molar-refractivity contribution in [2.75, 3.05) is 0 Å². The van der Waals surface area contributed by atoms with Crippen molar-refractivity contribution in [3.8, 4) is 22.3 Å². The van der Waals surface area contributed by atoms with Crippen LogP contribution >= 0.6 is 0 Å². The highest BCUT2D eigenvalue weighted by atomic mass is 14.2. The summed E-state index contributed by atoms with van der Waals surface area (Å²) in [6, 6.07) is 22.8. The van der Waals surface area contributed by atoms with Crippen LogP contribution in [-0.4, -0.2) is 0 Å². The van der Waals surface area contributed by atoms with Gasteiger partial charge < -0.3 is 0 Å². The lowest BCUT2D eigenvalue weighted by atomic mass is 9.80. The summed E-state index contributed by atoms with van der Waals surface area (Å²) in [6.07, 6.45) is 11.2. The van der Waals surface area contributed by atoms with E-state index in [1.807, 2.05) is 0 Å². The van der Waals surface area contributed by atoms with Gasteiger partial charge in [-0.15, -0.1) is 0 Å². The summed E-state index contributed by atoms with van der Waals surface area (Å²) in [5.41, 5.74) is 10.9. The second-order valence-electron chi connectivity index (χ2n) is 10.4. The minimum Gasteiger partial charge on any atom is -0.0625 e. The van der Waals surface area contributed by atoms with E-state index in [0.717, 1.165) is 11.8 Å². The van der Waals surface area contributed by atoms with E-state index in [9.17, 15) is 0 Å². The maximum atomic E-state index is 2.42. The lowest BCUT2D eigenvalue weighted by Crippen LogP contribution is -2.12. The van der Waals surface area contributed by atoms with Crippen LogP contribution in [0.5, 0.6) is 0 Å². The zero-order chi connectivity index (χ0) is 22.5. The van der Waals surface area contributed by atoms with Crippen molar-refractivity contribution < 1.29 is 0 Å². The first-order valence-electron chi connectivity index (χ1n) is 12.8. The molecule has 1 aliphatic carbocycles. The summed E-state index contributed by atoms with van der Waals surface area (Å²) in [6.45, 7) is 9.09. The van der Waals surface area contributed by atoms with Crippen LogP contribution in [0.1, 0.15) is 74.1 Å². The third-order valence-corrected chi connectivity index (χ3v) is 7.71. The molecule has 0 N–H and O–H groups in total. The van der Waals surface area contributed by atoms with Gasteiger partial charge in [-0.1, -0.05) is 112 Å². The monoisotopic (exact) mass is 424 g/mol. The molecule has 0 atom stereocenters. The van der Waals surface area contributed by atoms with Gasteiger partial charge in [-0.25, -0.2) is 0 Å². The van der Waals surface area contributed by atoms with E-state index in [2.05, 4.69) is 88.4 Å². The maximum Gasteiger partial charge on any atom is -0.0154 e. The van der Waals surface area contributed by atoms with Crippen molar-refractivity contribution >= 4 is 0 Å². The molecule has 4 rings (SSSR count). The molecule has 1 fully saturated rings. The van der Waals surface area contributed by atoms with Gasteiger partial charge in [0.05, 0.1) is 0 Å². The molecule has 0 amide bonds. The van der Waals surface area contributed by atoms with Gasteiger partial charge in [-0.2, -0.15) is 0 Å². The Morgan fingerprint density at radius 2 is 1.31 bits per heavy atom. The molecule has 168 valence electrons. The Bertz CT molecular complexity index is 1020. The first-order valence-corrected chi connectivity index (χ1v) is 12.8. The first-order chi connectivity index (χ1) is 15.5. The van der Waals surface area contributed by atoms with E-state index >= 15 is 0 Å². The predicted molar refractivity (Wildman–Crippen MR) is 140 cm³/mol. The van der Waals surface area contributed by atoms with E-state index in [1.54, 1.807) is 0 Å². The second kappa shape index (κ2) is 10.5. The quantitative estimate of drug-likeness (QED) is 0.331. The normalized spacial score (nSPS) is 18.6. The van der Waals surface area contributed by atoms with Gasteiger partial charge in [0.15, 0.2) is 0 Å². The molecule has 1 aliphatic rings. The molecule has 0 spiro atoms. The van der Waals surface area contributed by atoms with E-state index in [0.29, 0.717) is 0 Å². The second-order valence-corrected chi connectivity index (χ2v) is 10.4. The van der Waals surface area contributed by atoms with Crippen LogP contribution in [0.3, 0.4) is 0 Å². The zero-order valence-electron chi connectivity index (χ0n) is 20.6. The summed E-state index contributed by atoms with van der Waals surface area (Å²) in [5, 5.41) is 0. The molecule has 0 heterocycles. The number of hydrogen-bond acceptors (Lipinski definition) is 0. The Morgan fingerprint density at radius 3 is 2.00 bits per heavy atom. The largest absolute Gasteiger partial charge is 0.0625 e. The molecule has 1 saturated carbocycles. The minimum atomic E-state index is 0.967. The average molecular weight is 425 g/mol. The van der Waals surface area contributed by atoms with Gasteiger partial charge in [0.2, 0.25) is 0 Å². The molecular formula is C32H40. The highest BCUT2D eigenvalue weighted by Crippen LogP contribution is 2.32. The smallest absolute Gasteiger partial charge is 0.0154 e. The summed E-state index contributed by atoms with van der Waals surface area (Å²) >= 11 is 0. The van der Waals surface area contributed by atoms with Gasteiger partial charge in [0.25, 0.3) is 0 Å². The van der Waals surface area contributed by atoms with Crippen LogP contribution in [-0.2, 0) is 6.42 Å². The predicted octanol–water partition coefficient (Wildman–Crippen LogP) is 9.48. The van der Waals surface area contributed by atoms with E-state index in [1.165, 1.54) is 95.9 Å². The molecule has 0 radical (unpaired) electrons. The summed E-state index contributed by atoms with van der Waals surface area (Å²) < 4.78 is 0. The Hall–Kier alpha value is -2.34. The van der Waals surface area contributed by atoms with Crippen LogP contribution < -0.4 is 0 Å². The van der Waals surface area contributed by atoms with Crippen LogP contribution in [0.4, 0.5) is 0 Å². The lowest BCUT2D eigenvalue weighted by molar-refractivity contribution is 0.272. The van der Waals surface area contributed by atoms with Crippen LogP contribution in [0.2, 0.25) is 0 Å². The topological polar surface area (TPSA) is 0 Å². The molecule has 32 heavy (non-hydrogen) atoms. The van der Waals surface area contributed by atoms with Crippen molar-refractivity contribution in [1.82, 2.24) is 0 Å². The summed E-state index contributed by atoms with van der Waals surface area (Å²) in [7, 11) is 0. The molecule has 0 aromatic heterocycles. The van der Waals surface area contributed by atoms with Crippen molar-refractivity contribution in [2.24, 2.45) is 11.8 Å². The summed E-state index contributed by atoms with van der Waals surface area (Å²) in [4.78, 5) is 0. The fourth-order valence-corrected chi connectivity index (χ4v) is 5.42. The van der Waals surface area contributed by atoms with Crippen molar-refractivity contribution in [3.63, 3.8) is 0 Å². The summed E-state index contributed by atoms with van der Waals surface area (Å²) in [5.74, 6) is 1.97. The molecular weight excluding hydrogens is 384 g/mol. The fraction of sp³-hybridized carbons (Fsp3) is 0.438. The van der Waals surface area contributed by atoms with E-state index < -0.39 is 0 Å². The fourth-order valence-electron chi connectivity index (χ4n) is 5.42. The lowest BCUT2D eigenvalue weighted by Gasteiger charge is -2.26. The maximum absolute atomic E-state index is 2.42. The van der Waals surface area contributed by atoms with Crippen molar-refractivity contribution in [2.45, 2.75) is 79.1 Å². The Labute approximate surface area is 196 Å². The highest BCUT2D eigenvalue weighted by molar-refractivity contribution is 5.74. The van der Waals surface area contributed by atoms with Crippen molar-refractivity contribution in [3.05, 3.63) is 82.9 Å². The van der Waals surface area contributed by atoms with Crippen LogP contribution in [0.15, 0.2) is 60.7 Å². The first kappa shape index (κ1) is 22.8. The zero-order valence-corrected chi connectivity index (χ0v) is 20.6. The molecule has 3 aromatic carbocycles. The van der Waals surface area contributed by atoms with Gasteiger partial charge in [-0.3, -0.25) is 0 Å². The highest BCUT2D eigenvalue weighted by Gasteiger charge is 2.17. The number of unbranched alkanes of at least 4 members (excludes halogenated alkanes) is 1. The molecule has 0 heteroatoms. The van der Waals surface area contributed by atoms with Crippen LogP contribution in [0, 0.1) is 32.6 Å². The van der Waals surface area contributed by atoms with E-state index in [-0.39, 0.29) is 0 Å². The number of hydrogen-bond donors (Lipinski definition) is 0. The SMILES string of the molecule is Cc1ccc(-c2ccc(-c3ccc(CCCCC4CCC(C)CC4)c(C)c3)c(C)c2)cc1. The molecule has 3 aromatic rings. The Morgan fingerprint density at radius 1 is 0.656 bits per heavy atom. The standard InChI is InChI=1S/C32H40/c1-23-9-13-27(14-10-23)7-5-6-8-28-17-18-31(21-25(28)3)32-20-19-30(22-26(32)4)29-15-11-24(2)12-16-29/h11-12,15-23,27H,5-10,13-14H2,1-4H3. The molecule has 0 aliphatic heterocycles. The molecule has 0 bridgehead atoms. The van der Waals surface area contributed by atoms with Crippen LogP contribution in [0.25, 0.3) is 22.3 Å². The third kappa shape index (κ3) is 5.71. The third-order valence-electron chi connectivity index (χ3n) is 7.71. The Balaban J connectivity index is 1.36. The Kier molecular flexibility index (Phi) is 7.51. The number of rotatable bonds is 7. The average Bonchev–Trinajstić information content (AvgIpc) is 2.79. The van der Waals surface area contributed by atoms with Gasteiger partial charge in [0.1, 0.15) is 0 Å².